The Morgan fingerprint density at radius 2 is 1.80 bits per heavy atom. The molecule has 1 unspecified atom stereocenters. The molecule has 1 aromatic carbocycles. The standard InChI is InChI=1S/C29H33ClFN5O7S/c1-15-11-16(2)23(17(3)12-15)44(39,40)36-20(13-18(4)33-28(38)43-29(5,6)7)22(31)21-24(36)34-26(30)35-25(21)42-27(37)32-14-19-9-8-10-41-19/h8-12,18H,13-14H2,1-7H3,(H,32,37)(H,33,38). The van der Waals surface area contributed by atoms with E-state index in [0.717, 1.165) is 9.54 Å². The molecule has 236 valence electrons. The molecule has 12 nitrogen and oxygen atoms in total. The molecule has 15 heteroatoms. The Hall–Kier alpha value is -4.17. The summed E-state index contributed by atoms with van der Waals surface area (Å²) in [6, 6.07) is 5.81. The van der Waals surface area contributed by atoms with E-state index in [1.165, 1.54) is 6.26 Å². The zero-order chi connectivity index (χ0) is 32.6. The number of benzene rings is 1. The van der Waals surface area contributed by atoms with Crippen LogP contribution in [0.25, 0.3) is 11.0 Å². The minimum absolute atomic E-state index is 0.0449. The molecule has 2 N–H and O–H groups in total. The van der Waals surface area contributed by atoms with E-state index in [4.69, 9.17) is 25.5 Å². The zero-order valence-corrected chi connectivity index (χ0v) is 26.8. The van der Waals surface area contributed by atoms with Crippen LogP contribution in [0.3, 0.4) is 0 Å². The molecule has 0 aliphatic heterocycles. The summed E-state index contributed by atoms with van der Waals surface area (Å²) < 4.78 is 61.6. The molecule has 3 heterocycles. The number of ether oxygens (including phenoxy) is 2. The highest BCUT2D eigenvalue weighted by Gasteiger charge is 2.34. The number of amides is 2. The van der Waals surface area contributed by atoms with Crippen molar-refractivity contribution in [2.75, 3.05) is 0 Å². The molecule has 0 fully saturated rings. The minimum Gasteiger partial charge on any atom is -0.467 e. The highest BCUT2D eigenvalue weighted by Crippen LogP contribution is 2.36. The Morgan fingerprint density at radius 1 is 1.14 bits per heavy atom. The lowest BCUT2D eigenvalue weighted by Crippen LogP contribution is -2.39. The monoisotopic (exact) mass is 649 g/mol. The van der Waals surface area contributed by atoms with Crippen LogP contribution >= 0.6 is 11.6 Å². The third kappa shape index (κ3) is 7.13. The van der Waals surface area contributed by atoms with Gasteiger partial charge >= 0.3 is 12.2 Å². The van der Waals surface area contributed by atoms with E-state index in [-0.39, 0.29) is 23.6 Å². The zero-order valence-electron chi connectivity index (χ0n) is 25.2. The summed E-state index contributed by atoms with van der Waals surface area (Å²) >= 11 is 6.16. The van der Waals surface area contributed by atoms with E-state index in [1.807, 2.05) is 6.92 Å². The third-order valence-corrected chi connectivity index (χ3v) is 8.48. The van der Waals surface area contributed by atoms with Gasteiger partial charge in [-0.2, -0.15) is 9.97 Å². The maximum Gasteiger partial charge on any atom is 0.414 e. The number of nitrogens with one attached hydrogen (secondary N) is 2. The average molecular weight is 650 g/mol. The van der Waals surface area contributed by atoms with Gasteiger partial charge in [0.15, 0.2) is 11.5 Å². The Bertz CT molecular complexity index is 1810. The predicted octanol–water partition coefficient (Wildman–Crippen LogP) is 5.72. The van der Waals surface area contributed by atoms with Crippen molar-refractivity contribution < 1.29 is 36.3 Å². The minimum atomic E-state index is -4.54. The van der Waals surface area contributed by atoms with Crippen molar-refractivity contribution in [1.29, 1.82) is 0 Å². The molecular formula is C29H33ClFN5O7S. The van der Waals surface area contributed by atoms with Crippen LogP contribution in [0.4, 0.5) is 14.0 Å². The van der Waals surface area contributed by atoms with Crippen molar-refractivity contribution in [2.24, 2.45) is 0 Å². The Labute approximate surface area is 259 Å². The van der Waals surface area contributed by atoms with Crippen LogP contribution in [0.15, 0.2) is 39.8 Å². The molecule has 0 saturated carbocycles. The normalized spacial score (nSPS) is 12.7. The molecule has 4 rings (SSSR count). The van der Waals surface area contributed by atoms with Gasteiger partial charge in [0.2, 0.25) is 11.2 Å². The van der Waals surface area contributed by atoms with Gasteiger partial charge in [0.05, 0.1) is 23.4 Å². The molecule has 0 radical (unpaired) electrons. The van der Waals surface area contributed by atoms with Crippen LogP contribution in [0.5, 0.6) is 5.88 Å². The second-order valence-electron chi connectivity index (χ2n) is 11.3. The molecule has 0 aliphatic carbocycles. The third-order valence-electron chi connectivity index (χ3n) is 6.28. The number of alkyl carbamates (subject to hydrolysis) is 1. The van der Waals surface area contributed by atoms with Gasteiger partial charge in [0, 0.05) is 12.5 Å². The summed E-state index contributed by atoms with van der Waals surface area (Å²) in [5.74, 6) is -1.25. The van der Waals surface area contributed by atoms with Crippen molar-refractivity contribution in [1.82, 2.24) is 24.6 Å². The topological polar surface area (TPSA) is 155 Å². The highest BCUT2D eigenvalue weighted by atomic mass is 35.5. The van der Waals surface area contributed by atoms with Crippen LogP contribution in [0.1, 0.15) is 55.8 Å². The van der Waals surface area contributed by atoms with Gasteiger partial charge in [0.1, 0.15) is 16.7 Å². The maximum absolute atomic E-state index is 16.4. The number of carbonyl (C=O) groups is 2. The smallest absolute Gasteiger partial charge is 0.414 e. The summed E-state index contributed by atoms with van der Waals surface area (Å²) in [6.07, 6.45) is -0.709. The number of furan rings is 1. The lowest BCUT2D eigenvalue weighted by molar-refractivity contribution is 0.0508. The first-order valence-electron chi connectivity index (χ1n) is 13.5. The van der Waals surface area contributed by atoms with Gasteiger partial charge in [-0.05, 0) is 83.3 Å². The Balaban J connectivity index is 1.86. The van der Waals surface area contributed by atoms with Crippen molar-refractivity contribution in [3.63, 3.8) is 0 Å². The second-order valence-corrected chi connectivity index (χ2v) is 13.4. The SMILES string of the molecule is Cc1cc(C)c(S(=O)(=O)n2c(CC(C)NC(=O)OC(C)(C)C)c(F)c3c(OC(=O)NCc4ccco4)nc(Cl)nc32)c(C)c1. The summed E-state index contributed by atoms with van der Waals surface area (Å²) in [5, 5.41) is 4.04. The van der Waals surface area contributed by atoms with Gasteiger partial charge in [-0.1, -0.05) is 17.7 Å². The summed E-state index contributed by atoms with van der Waals surface area (Å²) in [6.45, 7) is 11.6. The highest BCUT2D eigenvalue weighted by molar-refractivity contribution is 7.90. The van der Waals surface area contributed by atoms with Crippen molar-refractivity contribution in [3.8, 4) is 5.88 Å². The number of nitrogens with zero attached hydrogens (tertiary/aromatic N) is 3. The molecule has 0 saturated heterocycles. The van der Waals surface area contributed by atoms with Crippen LogP contribution in [-0.4, -0.2) is 46.2 Å². The summed E-state index contributed by atoms with van der Waals surface area (Å²) in [5.41, 5.74) is 0.0494. The van der Waals surface area contributed by atoms with Crippen molar-refractivity contribution in [3.05, 3.63) is 69.8 Å². The molecule has 0 aliphatic rings. The molecule has 0 spiro atoms. The molecule has 44 heavy (non-hydrogen) atoms. The van der Waals surface area contributed by atoms with E-state index < -0.39 is 61.9 Å². The fraction of sp³-hybridized carbons (Fsp3) is 0.379. The van der Waals surface area contributed by atoms with Crippen LogP contribution in [0, 0.1) is 26.6 Å². The molecule has 4 aromatic rings. The van der Waals surface area contributed by atoms with Gasteiger partial charge in [-0.15, -0.1) is 0 Å². The fourth-order valence-electron chi connectivity index (χ4n) is 4.82. The van der Waals surface area contributed by atoms with Crippen molar-refractivity contribution in [2.45, 2.75) is 78.0 Å². The van der Waals surface area contributed by atoms with Gasteiger partial charge < -0.3 is 24.5 Å². The first-order chi connectivity index (χ1) is 20.5. The van der Waals surface area contributed by atoms with Crippen LogP contribution in [-0.2, 0) is 27.7 Å². The number of fused-ring (bicyclic) bond motifs is 1. The maximum atomic E-state index is 16.4. The number of hydrogen-bond acceptors (Lipinski definition) is 9. The Morgan fingerprint density at radius 3 is 2.39 bits per heavy atom. The van der Waals surface area contributed by atoms with Gasteiger partial charge in [0.25, 0.3) is 10.0 Å². The van der Waals surface area contributed by atoms with E-state index in [1.54, 1.807) is 65.8 Å². The lowest BCUT2D eigenvalue weighted by Gasteiger charge is -2.22. The number of halogens is 2. The lowest BCUT2D eigenvalue weighted by atomic mass is 10.1. The molecular weight excluding hydrogens is 617 g/mol. The number of aryl methyl sites for hydroxylation is 3. The molecule has 2 amide bonds. The molecule has 3 aromatic heterocycles. The fourth-order valence-corrected chi connectivity index (χ4v) is 6.90. The van der Waals surface area contributed by atoms with Crippen molar-refractivity contribution >= 4 is 44.8 Å². The quantitative estimate of drug-likeness (QED) is 0.228. The van der Waals surface area contributed by atoms with Crippen LogP contribution in [0.2, 0.25) is 5.28 Å². The van der Waals surface area contributed by atoms with Crippen LogP contribution < -0.4 is 15.4 Å². The first-order valence-corrected chi connectivity index (χ1v) is 15.4. The Kier molecular flexibility index (Phi) is 9.26. The number of aromatic nitrogens is 3. The van der Waals surface area contributed by atoms with Gasteiger partial charge in [-0.3, -0.25) is 0 Å². The molecule has 1 atom stereocenters. The summed E-state index contributed by atoms with van der Waals surface area (Å²) in [7, 11) is -4.54. The average Bonchev–Trinajstić information content (AvgIpc) is 3.47. The predicted molar refractivity (Wildman–Crippen MR) is 160 cm³/mol. The summed E-state index contributed by atoms with van der Waals surface area (Å²) in [4.78, 5) is 32.9. The van der Waals surface area contributed by atoms with Gasteiger partial charge in [-0.25, -0.2) is 26.4 Å². The van der Waals surface area contributed by atoms with E-state index >= 15 is 4.39 Å². The van der Waals surface area contributed by atoms with E-state index in [9.17, 15) is 18.0 Å². The number of hydrogen-bond donors (Lipinski definition) is 2. The largest absolute Gasteiger partial charge is 0.467 e. The van der Waals surface area contributed by atoms with E-state index in [2.05, 4.69) is 20.6 Å². The van der Waals surface area contributed by atoms with E-state index in [0.29, 0.717) is 16.9 Å². The number of rotatable bonds is 8. The first kappa shape index (κ1) is 32.7. The number of carbonyl (C=O) groups excluding carboxylic acids is 2. The second kappa shape index (κ2) is 12.4. The molecule has 0 bridgehead atoms.